The van der Waals surface area contributed by atoms with Crippen molar-refractivity contribution in [2.45, 2.75) is 12.6 Å². The Labute approximate surface area is 109 Å². The molecule has 2 amide bonds. The van der Waals surface area contributed by atoms with Crippen LogP contribution in [-0.4, -0.2) is 53.5 Å². The van der Waals surface area contributed by atoms with Crippen LogP contribution in [0.15, 0.2) is 16.8 Å². The minimum absolute atomic E-state index is 0.125. The van der Waals surface area contributed by atoms with Gasteiger partial charge >= 0.3 is 12.0 Å². The minimum Gasteiger partial charge on any atom is -0.481 e. The molecule has 8 heteroatoms. The van der Waals surface area contributed by atoms with Gasteiger partial charge in [-0.15, -0.1) is 0 Å². The molecule has 1 aromatic rings. The molecule has 0 saturated carbocycles. The highest BCUT2D eigenvalue weighted by Gasteiger charge is 2.38. The summed E-state index contributed by atoms with van der Waals surface area (Å²) >= 11 is 0. The molecule has 1 fully saturated rings. The summed E-state index contributed by atoms with van der Waals surface area (Å²) in [4.78, 5) is 24.3. The summed E-state index contributed by atoms with van der Waals surface area (Å²) in [7, 11) is 1.55. The zero-order chi connectivity index (χ0) is 13.8. The highest BCUT2D eigenvalue weighted by molar-refractivity contribution is 5.77. The normalized spacial score (nSPS) is 22.2. The summed E-state index contributed by atoms with van der Waals surface area (Å²) in [5, 5.41) is 15.2. The summed E-state index contributed by atoms with van der Waals surface area (Å²) in [6.45, 7) is 0.553. The fourth-order valence-corrected chi connectivity index (χ4v) is 1.93. The summed E-state index contributed by atoms with van der Waals surface area (Å²) in [6, 6.07) is 0.796. The second kappa shape index (κ2) is 5.70. The quantitative estimate of drug-likeness (QED) is 0.791. The lowest BCUT2D eigenvalue weighted by Gasteiger charge is -2.26. The number of carbonyl (C=O) groups excluding carboxylic acids is 1. The number of hydrogen-bond donors (Lipinski definition) is 2. The largest absolute Gasteiger partial charge is 0.481 e. The third kappa shape index (κ3) is 3.02. The molecule has 0 spiro atoms. The van der Waals surface area contributed by atoms with Gasteiger partial charge in [0.05, 0.1) is 32.0 Å². The van der Waals surface area contributed by atoms with Crippen LogP contribution >= 0.6 is 0 Å². The van der Waals surface area contributed by atoms with Crippen LogP contribution in [0.25, 0.3) is 0 Å². The summed E-state index contributed by atoms with van der Waals surface area (Å²) in [6.07, 6.45) is 1.48. The fraction of sp³-hybridized carbons (Fsp3) is 0.545. The summed E-state index contributed by atoms with van der Waals surface area (Å²) in [5.74, 6) is -1.13. The van der Waals surface area contributed by atoms with Crippen molar-refractivity contribution in [3.8, 4) is 0 Å². The van der Waals surface area contributed by atoms with E-state index in [0.717, 1.165) is 0 Å². The number of amides is 2. The second-order valence-electron chi connectivity index (χ2n) is 4.30. The van der Waals surface area contributed by atoms with Crippen LogP contribution in [0.2, 0.25) is 0 Å². The number of hydrogen-bond acceptors (Lipinski definition) is 5. The zero-order valence-electron chi connectivity index (χ0n) is 10.4. The van der Waals surface area contributed by atoms with Crippen LogP contribution in [0.1, 0.15) is 5.76 Å². The summed E-state index contributed by atoms with van der Waals surface area (Å²) in [5.41, 5.74) is 0. The first-order valence-electron chi connectivity index (χ1n) is 5.80. The first-order chi connectivity index (χ1) is 9.09. The molecule has 0 aromatic carbocycles. The summed E-state index contributed by atoms with van der Waals surface area (Å²) < 4.78 is 9.97. The second-order valence-corrected chi connectivity index (χ2v) is 4.30. The number of carboxylic acids is 1. The predicted molar refractivity (Wildman–Crippen MR) is 62.2 cm³/mol. The van der Waals surface area contributed by atoms with Crippen molar-refractivity contribution in [1.29, 1.82) is 0 Å². The Hall–Kier alpha value is -2.09. The predicted octanol–water partition coefficient (Wildman–Crippen LogP) is -0.0844. The number of likely N-dealkylation sites (N-methyl/N-ethyl adjacent to an activating group) is 1. The van der Waals surface area contributed by atoms with E-state index in [2.05, 4.69) is 10.5 Å². The van der Waals surface area contributed by atoms with E-state index in [1.807, 2.05) is 0 Å². The zero-order valence-corrected chi connectivity index (χ0v) is 10.4. The Morgan fingerprint density at radius 1 is 1.58 bits per heavy atom. The molecular formula is C11H15N3O5. The van der Waals surface area contributed by atoms with Crippen LogP contribution in [-0.2, 0) is 16.1 Å². The molecule has 0 bridgehead atoms. The van der Waals surface area contributed by atoms with Crippen molar-refractivity contribution in [2.24, 2.45) is 5.92 Å². The smallest absolute Gasteiger partial charge is 0.317 e. The molecular weight excluding hydrogens is 254 g/mol. The van der Waals surface area contributed by atoms with Crippen molar-refractivity contribution >= 4 is 12.0 Å². The van der Waals surface area contributed by atoms with Crippen LogP contribution in [0, 0.1) is 5.92 Å². The molecule has 104 valence electrons. The Balaban J connectivity index is 1.89. The first kappa shape index (κ1) is 13.3. The van der Waals surface area contributed by atoms with Gasteiger partial charge in [-0.05, 0) is 0 Å². The number of aromatic nitrogens is 1. The van der Waals surface area contributed by atoms with E-state index in [1.54, 1.807) is 13.1 Å². The molecule has 19 heavy (non-hydrogen) atoms. The highest BCUT2D eigenvalue weighted by atomic mass is 16.5. The molecule has 8 nitrogen and oxygen atoms in total. The number of carboxylic acid groups (broad SMARTS) is 1. The Kier molecular flexibility index (Phi) is 4.00. The number of carbonyl (C=O) groups is 2. The standard InChI is InChI=1S/C11H15N3O5/c1-14(9-6-18-5-8(9)10(15)16)11(17)12-4-7-2-3-13-19-7/h2-3,8-9H,4-6H2,1H3,(H,12,17)(H,15,16). The SMILES string of the molecule is CN(C(=O)NCc1ccno1)C1COCC1C(=O)O. The van der Waals surface area contributed by atoms with Crippen LogP contribution in [0.4, 0.5) is 4.79 Å². The maximum atomic E-state index is 11.9. The molecule has 1 saturated heterocycles. The molecule has 0 radical (unpaired) electrons. The van der Waals surface area contributed by atoms with E-state index in [9.17, 15) is 9.59 Å². The average Bonchev–Trinajstić information content (AvgIpc) is 3.05. The number of rotatable bonds is 4. The monoisotopic (exact) mass is 269 g/mol. The molecule has 1 aliphatic heterocycles. The van der Waals surface area contributed by atoms with Gasteiger partial charge in [-0.3, -0.25) is 4.79 Å². The number of ether oxygens (including phenoxy) is 1. The van der Waals surface area contributed by atoms with Crippen LogP contribution in [0.5, 0.6) is 0 Å². The van der Waals surface area contributed by atoms with Gasteiger partial charge in [-0.1, -0.05) is 5.16 Å². The lowest BCUT2D eigenvalue weighted by atomic mass is 10.0. The fourth-order valence-electron chi connectivity index (χ4n) is 1.93. The van der Waals surface area contributed by atoms with Gasteiger partial charge in [-0.25, -0.2) is 4.79 Å². The lowest BCUT2D eigenvalue weighted by molar-refractivity contribution is -0.142. The molecule has 1 aromatic heterocycles. The van der Waals surface area contributed by atoms with Gasteiger partial charge < -0.3 is 24.6 Å². The highest BCUT2D eigenvalue weighted by Crippen LogP contribution is 2.19. The van der Waals surface area contributed by atoms with Crippen molar-refractivity contribution in [3.63, 3.8) is 0 Å². The van der Waals surface area contributed by atoms with E-state index in [0.29, 0.717) is 5.76 Å². The number of aliphatic carboxylic acids is 1. The van der Waals surface area contributed by atoms with E-state index >= 15 is 0 Å². The van der Waals surface area contributed by atoms with E-state index < -0.39 is 17.9 Å². The number of urea groups is 1. The van der Waals surface area contributed by atoms with Crippen molar-refractivity contribution in [2.75, 3.05) is 20.3 Å². The molecule has 2 heterocycles. The van der Waals surface area contributed by atoms with E-state index in [-0.39, 0.29) is 25.8 Å². The topological polar surface area (TPSA) is 105 Å². The van der Waals surface area contributed by atoms with Gasteiger partial charge in [-0.2, -0.15) is 0 Å². The maximum absolute atomic E-state index is 11.9. The Morgan fingerprint density at radius 2 is 2.37 bits per heavy atom. The molecule has 2 atom stereocenters. The third-order valence-corrected chi connectivity index (χ3v) is 3.09. The third-order valence-electron chi connectivity index (χ3n) is 3.09. The van der Waals surface area contributed by atoms with Gasteiger partial charge in [0, 0.05) is 13.1 Å². The molecule has 2 N–H and O–H groups in total. The molecule has 1 aliphatic rings. The van der Waals surface area contributed by atoms with Gasteiger partial charge in [0.1, 0.15) is 5.92 Å². The molecule has 2 rings (SSSR count). The average molecular weight is 269 g/mol. The minimum atomic E-state index is -0.961. The van der Waals surface area contributed by atoms with Crippen molar-refractivity contribution in [1.82, 2.24) is 15.4 Å². The molecule has 2 unspecified atom stereocenters. The first-order valence-corrected chi connectivity index (χ1v) is 5.80. The Bertz CT molecular complexity index is 447. The van der Waals surface area contributed by atoms with E-state index in [1.165, 1.54) is 11.1 Å². The van der Waals surface area contributed by atoms with E-state index in [4.69, 9.17) is 14.4 Å². The van der Waals surface area contributed by atoms with Crippen LogP contribution in [0.3, 0.4) is 0 Å². The van der Waals surface area contributed by atoms with Gasteiger partial charge in [0.15, 0.2) is 5.76 Å². The lowest BCUT2D eigenvalue weighted by Crippen LogP contribution is -2.48. The van der Waals surface area contributed by atoms with Crippen molar-refractivity contribution in [3.05, 3.63) is 18.0 Å². The molecule has 0 aliphatic carbocycles. The number of nitrogens with one attached hydrogen (secondary N) is 1. The van der Waals surface area contributed by atoms with Crippen LogP contribution < -0.4 is 5.32 Å². The maximum Gasteiger partial charge on any atom is 0.317 e. The van der Waals surface area contributed by atoms with Gasteiger partial charge in [0.2, 0.25) is 0 Å². The number of nitrogens with zero attached hydrogens (tertiary/aromatic N) is 2. The van der Waals surface area contributed by atoms with Gasteiger partial charge in [0.25, 0.3) is 0 Å². The van der Waals surface area contributed by atoms with Crippen molar-refractivity contribution < 1.29 is 24.0 Å². The Morgan fingerprint density at radius 3 is 3.00 bits per heavy atom.